The van der Waals surface area contributed by atoms with Crippen molar-refractivity contribution in [2.75, 3.05) is 13.2 Å². The van der Waals surface area contributed by atoms with Crippen LogP contribution in [0.25, 0.3) is 10.8 Å². The first-order valence-corrected chi connectivity index (χ1v) is 11.2. The highest BCUT2D eigenvalue weighted by Crippen LogP contribution is 2.33. The average Bonchev–Trinajstić information content (AvgIpc) is 2.59. The van der Waals surface area contributed by atoms with E-state index >= 15 is 0 Å². The summed E-state index contributed by atoms with van der Waals surface area (Å²) in [5.74, 6) is 0. The lowest BCUT2D eigenvalue weighted by atomic mass is 10.2. The van der Waals surface area contributed by atoms with Crippen LogP contribution in [0.3, 0.4) is 0 Å². The third-order valence-corrected chi connectivity index (χ3v) is 6.89. The SMILES string of the molecule is CCC(N(CCO)C(=O)OC(C)(C)C)S(=O)(=O)c1cccc2cncc(Br)c12. The molecule has 0 saturated carbocycles. The molecule has 0 aliphatic rings. The molecule has 0 bridgehead atoms. The Kier molecular flexibility index (Phi) is 7.06. The summed E-state index contributed by atoms with van der Waals surface area (Å²) in [6, 6.07) is 4.92. The van der Waals surface area contributed by atoms with Crippen LogP contribution in [-0.2, 0) is 14.6 Å². The minimum absolute atomic E-state index is 0.0950. The smallest absolute Gasteiger partial charge is 0.411 e. The van der Waals surface area contributed by atoms with Crippen LogP contribution in [0.1, 0.15) is 34.1 Å². The molecule has 1 aromatic carbocycles. The van der Waals surface area contributed by atoms with Crippen LogP contribution in [0.2, 0.25) is 0 Å². The highest BCUT2D eigenvalue weighted by Gasteiger charge is 2.37. The van der Waals surface area contributed by atoms with Crippen molar-refractivity contribution >= 4 is 42.6 Å². The van der Waals surface area contributed by atoms with Crippen LogP contribution in [0.5, 0.6) is 0 Å². The quantitative estimate of drug-likeness (QED) is 0.687. The van der Waals surface area contributed by atoms with Gasteiger partial charge in [0.05, 0.1) is 11.5 Å². The number of fused-ring (bicyclic) bond motifs is 1. The maximum Gasteiger partial charge on any atom is 0.411 e. The van der Waals surface area contributed by atoms with E-state index in [4.69, 9.17) is 4.74 Å². The van der Waals surface area contributed by atoms with Crippen LogP contribution in [0.15, 0.2) is 40.0 Å². The zero-order valence-electron chi connectivity index (χ0n) is 16.3. The number of halogens is 1. The predicted molar refractivity (Wildman–Crippen MR) is 111 cm³/mol. The van der Waals surface area contributed by atoms with Crippen molar-refractivity contribution in [2.24, 2.45) is 0 Å². The molecular formula is C19H25BrN2O5S. The van der Waals surface area contributed by atoms with E-state index in [1.807, 2.05) is 0 Å². The van der Waals surface area contributed by atoms with E-state index < -0.39 is 26.9 Å². The molecule has 28 heavy (non-hydrogen) atoms. The van der Waals surface area contributed by atoms with Crippen LogP contribution < -0.4 is 0 Å². The molecule has 0 fully saturated rings. The van der Waals surface area contributed by atoms with Gasteiger partial charge < -0.3 is 9.84 Å². The zero-order chi connectivity index (χ0) is 21.1. The number of hydrogen-bond donors (Lipinski definition) is 1. The summed E-state index contributed by atoms with van der Waals surface area (Å²) in [5, 5.41) is 9.41. The van der Waals surface area contributed by atoms with Crippen LogP contribution in [0.4, 0.5) is 4.79 Å². The number of nitrogens with zero attached hydrogens (tertiary/aromatic N) is 2. The van der Waals surface area contributed by atoms with E-state index in [0.29, 0.717) is 15.2 Å². The standard InChI is InChI=1S/C19H25BrN2O5S/c1-5-16(22(9-10-23)18(24)27-19(2,3)4)28(25,26)15-8-6-7-13-11-21-12-14(20)17(13)15/h6-8,11-12,16,23H,5,9-10H2,1-4H3. The number of ether oxygens (including phenoxy) is 1. The molecule has 2 rings (SSSR count). The summed E-state index contributed by atoms with van der Waals surface area (Å²) in [4.78, 5) is 17.9. The van der Waals surface area contributed by atoms with E-state index in [1.165, 1.54) is 12.3 Å². The summed E-state index contributed by atoms with van der Waals surface area (Å²) in [5.41, 5.74) is -0.791. The van der Waals surface area contributed by atoms with Gasteiger partial charge in [-0.1, -0.05) is 19.1 Å². The largest absolute Gasteiger partial charge is 0.444 e. The summed E-state index contributed by atoms with van der Waals surface area (Å²) in [6.07, 6.45) is 2.47. The number of aliphatic hydroxyl groups excluding tert-OH is 1. The summed E-state index contributed by atoms with van der Waals surface area (Å²) in [7, 11) is -3.97. The first-order chi connectivity index (χ1) is 13.0. The van der Waals surface area contributed by atoms with Gasteiger partial charge in [-0.05, 0) is 49.2 Å². The van der Waals surface area contributed by atoms with Gasteiger partial charge in [0, 0.05) is 34.2 Å². The molecule has 2 aromatic rings. The fourth-order valence-electron chi connectivity index (χ4n) is 2.93. The van der Waals surface area contributed by atoms with Crippen molar-refractivity contribution in [1.29, 1.82) is 0 Å². The topological polar surface area (TPSA) is 96.8 Å². The van der Waals surface area contributed by atoms with E-state index in [-0.39, 0.29) is 24.5 Å². The van der Waals surface area contributed by atoms with Crippen molar-refractivity contribution in [3.8, 4) is 0 Å². The zero-order valence-corrected chi connectivity index (χ0v) is 18.7. The molecule has 1 heterocycles. The monoisotopic (exact) mass is 472 g/mol. The number of carbonyl (C=O) groups excluding carboxylic acids is 1. The molecule has 1 amide bonds. The molecule has 9 heteroatoms. The average molecular weight is 473 g/mol. The molecule has 1 unspecified atom stereocenters. The predicted octanol–water partition coefficient (Wildman–Crippen LogP) is 3.74. The molecule has 0 spiro atoms. The summed E-state index contributed by atoms with van der Waals surface area (Å²) in [6.45, 7) is 6.25. The van der Waals surface area contributed by atoms with Crippen LogP contribution in [-0.4, -0.2) is 53.6 Å². The molecule has 0 saturated heterocycles. The maximum atomic E-state index is 13.5. The van der Waals surface area contributed by atoms with E-state index in [2.05, 4.69) is 20.9 Å². The Balaban J connectivity index is 2.59. The Morgan fingerprint density at radius 3 is 2.57 bits per heavy atom. The lowest BCUT2D eigenvalue weighted by Crippen LogP contribution is -2.48. The minimum Gasteiger partial charge on any atom is -0.444 e. The number of carbonyl (C=O) groups is 1. The minimum atomic E-state index is -3.97. The van der Waals surface area contributed by atoms with Gasteiger partial charge in [0.25, 0.3) is 0 Å². The normalized spacial score (nSPS) is 13.4. The Bertz CT molecular complexity index is 951. The van der Waals surface area contributed by atoms with Crippen molar-refractivity contribution in [3.63, 3.8) is 0 Å². The fraction of sp³-hybridized carbons (Fsp3) is 0.474. The number of aromatic nitrogens is 1. The van der Waals surface area contributed by atoms with Gasteiger partial charge in [-0.15, -0.1) is 0 Å². The highest BCUT2D eigenvalue weighted by atomic mass is 79.9. The van der Waals surface area contributed by atoms with Crippen molar-refractivity contribution in [3.05, 3.63) is 35.1 Å². The molecule has 7 nitrogen and oxygen atoms in total. The fourth-order valence-corrected chi connectivity index (χ4v) is 5.66. The van der Waals surface area contributed by atoms with E-state index in [0.717, 1.165) is 4.90 Å². The lowest BCUT2D eigenvalue weighted by molar-refractivity contribution is 0.0185. The molecule has 1 aromatic heterocycles. The lowest BCUT2D eigenvalue weighted by Gasteiger charge is -2.32. The highest BCUT2D eigenvalue weighted by molar-refractivity contribution is 9.10. The number of rotatable bonds is 6. The summed E-state index contributed by atoms with van der Waals surface area (Å²) >= 11 is 3.38. The van der Waals surface area contributed by atoms with Gasteiger partial charge >= 0.3 is 6.09 Å². The molecule has 0 aliphatic heterocycles. The van der Waals surface area contributed by atoms with Gasteiger partial charge in [-0.25, -0.2) is 13.2 Å². The van der Waals surface area contributed by atoms with Gasteiger partial charge in [0.2, 0.25) is 0 Å². The number of amides is 1. The Morgan fingerprint density at radius 1 is 1.32 bits per heavy atom. The number of pyridine rings is 1. The molecule has 0 radical (unpaired) electrons. The van der Waals surface area contributed by atoms with Gasteiger partial charge in [-0.3, -0.25) is 9.88 Å². The molecule has 1 atom stereocenters. The Labute approximate surface area is 173 Å². The molecule has 1 N–H and O–H groups in total. The Morgan fingerprint density at radius 2 is 2.00 bits per heavy atom. The van der Waals surface area contributed by atoms with E-state index in [9.17, 15) is 18.3 Å². The molecule has 154 valence electrons. The second-order valence-electron chi connectivity index (χ2n) is 7.28. The first kappa shape index (κ1) is 22.6. The van der Waals surface area contributed by atoms with Gasteiger partial charge in [0.1, 0.15) is 11.0 Å². The Hall–Kier alpha value is -1.71. The maximum absolute atomic E-state index is 13.5. The number of benzene rings is 1. The molecule has 0 aliphatic carbocycles. The van der Waals surface area contributed by atoms with Crippen LogP contribution in [0, 0.1) is 0 Å². The van der Waals surface area contributed by atoms with Gasteiger partial charge in [-0.2, -0.15) is 0 Å². The third-order valence-electron chi connectivity index (χ3n) is 4.03. The van der Waals surface area contributed by atoms with Gasteiger partial charge in [0.15, 0.2) is 9.84 Å². The first-order valence-electron chi connectivity index (χ1n) is 8.89. The molecular weight excluding hydrogens is 448 g/mol. The number of aliphatic hydroxyl groups is 1. The van der Waals surface area contributed by atoms with Crippen molar-refractivity contribution < 1.29 is 23.1 Å². The number of hydrogen-bond acceptors (Lipinski definition) is 6. The second kappa shape index (κ2) is 8.75. The number of sulfone groups is 1. The van der Waals surface area contributed by atoms with Crippen molar-refractivity contribution in [2.45, 2.75) is 50.0 Å². The summed E-state index contributed by atoms with van der Waals surface area (Å²) < 4.78 is 33.0. The second-order valence-corrected chi connectivity index (χ2v) is 10.2. The van der Waals surface area contributed by atoms with Crippen LogP contribution >= 0.6 is 15.9 Å². The van der Waals surface area contributed by atoms with E-state index in [1.54, 1.807) is 46.0 Å². The van der Waals surface area contributed by atoms with Crippen molar-refractivity contribution in [1.82, 2.24) is 9.88 Å². The third kappa shape index (κ3) is 4.82.